The number of hydrogen-bond acceptors (Lipinski definition) is 7. The number of ether oxygens (including phenoxy) is 2. The maximum absolute atomic E-state index is 14.1. The number of hydrogen-bond donors (Lipinski definition) is 1. The second-order valence-electron chi connectivity index (χ2n) is 11.2. The molecule has 48 heavy (non-hydrogen) atoms. The van der Waals surface area contributed by atoms with Crippen molar-refractivity contribution in [2.75, 3.05) is 12.4 Å². The molecule has 1 atom stereocenters. The number of nitrogens with one attached hydrogen (secondary N) is 1. The molecule has 12 heteroatoms. The second kappa shape index (κ2) is 13.0. The topological polar surface area (TPSA) is 95.1 Å². The predicted molar refractivity (Wildman–Crippen MR) is 176 cm³/mol. The average Bonchev–Trinajstić information content (AvgIpc) is 3.62. The highest BCUT2D eigenvalue weighted by molar-refractivity contribution is 7.07. The minimum absolute atomic E-state index is 0.0522. The molecule has 3 aromatic carbocycles. The van der Waals surface area contributed by atoms with Gasteiger partial charge in [0, 0.05) is 11.3 Å². The third kappa shape index (κ3) is 6.56. The van der Waals surface area contributed by atoms with Crippen LogP contribution >= 0.6 is 11.3 Å². The summed E-state index contributed by atoms with van der Waals surface area (Å²) in [6, 6.07) is 19.9. The van der Waals surface area contributed by atoms with Crippen molar-refractivity contribution in [3.63, 3.8) is 0 Å². The Kier molecular flexibility index (Phi) is 8.85. The van der Waals surface area contributed by atoms with Gasteiger partial charge in [0.15, 0.2) is 4.80 Å². The number of furan rings is 1. The Morgan fingerprint density at radius 2 is 1.83 bits per heavy atom. The molecule has 0 aliphatic carbocycles. The summed E-state index contributed by atoms with van der Waals surface area (Å²) < 4.78 is 58.6. The lowest BCUT2D eigenvalue weighted by atomic mass is 10.00. The lowest BCUT2D eigenvalue weighted by molar-refractivity contribution is -0.137. The van der Waals surface area contributed by atoms with E-state index >= 15 is 0 Å². The van der Waals surface area contributed by atoms with Crippen LogP contribution in [0.5, 0.6) is 11.5 Å². The van der Waals surface area contributed by atoms with Gasteiger partial charge in [0.05, 0.1) is 28.5 Å². The monoisotopic (exact) mass is 673 g/mol. The summed E-state index contributed by atoms with van der Waals surface area (Å²) in [5, 5.41) is 2.97. The van der Waals surface area contributed by atoms with Gasteiger partial charge in [-0.2, -0.15) is 13.2 Å². The molecular weight excluding hydrogens is 643 g/mol. The van der Waals surface area contributed by atoms with Crippen LogP contribution in [-0.4, -0.2) is 17.6 Å². The molecule has 246 valence electrons. The third-order valence-corrected chi connectivity index (χ3v) is 8.83. The molecule has 3 heterocycles. The van der Waals surface area contributed by atoms with Gasteiger partial charge in [-0.15, -0.1) is 0 Å². The highest BCUT2D eigenvalue weighted by atomic mass is 32.1. The number of allylic oxidation sites excluding steroid dienone is 1. The standard InChI is InChI=1S/C36H30F3N3O5S/c1-20-8-5-6-11-27(20)41-33(43)31-22(3)40-35-42(32(31)29-14-12-21(2)47-29)34(44)30(48-35)17-23-13-15-28(45-4)24(16-23)19-46-26-10-7-9-25(18-26)36(37,38)39/h5-18,32H,19H2,1-4H3,(H,41,43)/b30-17+/t32-/m1/s1. The number of benzene rings is 3. The summed E-state index contributed by atoms with van der Waals surface area (Å²) in [5.41, 5.74) is 2.26. The van der Waals surface area contributed by atoms with Gasteiger partial charge >= 0.3 is 6.18 Å². The number of alkyl halides is 3. The molecule has 0 saturated heterocycles. The summed E-state index contributed by atoms with van der Waals surface area (Å²) >= 11 is 1.17. The van der Waals surface area contributed by atoms with Crippen molar-refractivity contribution < 1.29 is 31.9 Å². The van der Waals surface area contributed by atoms with Crippen LogP contribution in [0.25, 0.3) is 6.08 Å². The van der Waals surface area contributed by atoms with Gasteiger partial charge in [0.2, 0.25) is 0 Å². The number of thiazole rings is 1. The van der Waals surface area contributed by atoms with E-state index in [-0.39, 0.29) is 23.5 Å². The summed E-state index contributed by atoms with van der Waals surface area (Å²) in [4.78, 5) is 32.9. The lowest BCUT2D eigenvalue weighted by Gasteiger charge is -2.23. The number of fused-ring (bicyclic) bond motifs is 1. The zero-order valence-corrected chi connectivity index (χ0v) is 27.2. The zero-order chi connectivity index (χ0) is 34.2. The van der Waals surface area contributed by atoms with Gasteiger partial charge in [0.1, 0.15) is 35.7 Å². The van der Waals surface area contributed by atoms with Gasteiger partial charge in [-0.1, -0.05) is 41.7 Å². The van der Waals surface area contributed by atoms with Crippen molar-refractivity contribution >= 4 is 29.0 Å². The molecule has 0 unspecified atom stereocenters. The van der Waals surface area contributed by atoms with Crippen LogP contribution in [0.15, 0.2) is 104 Å². The van der Waals surface area contributed by atoms with Crippen molar-refractivity contribution in [2.45, 2.75) is 39.6 Å². The first-order chi connectivity index (χ1) is 22.9. The third-order valence-electron chi connectivity index (χ3n) is 7.85. The first kappa shape index (κ1) is 32.6. The van der Waals surface area contributed by atoms with Crippen LogP contribution in [0.3, 0.4) is 0 Å². The number of methoxy groups -OCH3 is 1. The first-order valence-electron chi connectivity index (χ1n) is 14.9. The highest BCUT2D eigenvalue weighted by Crippen LogP contribution is 2.33. The van der Waals surface area contributed by atoms with Gasteiger partial charge in [-0.25, -0.2) is 4.99 Å². The molecule has 1 N–H and O–H groups in total. The number of rotatable bonds is 8. The second-order valence-corrected chi connectivity index (χ2v) is 12.2. The largest absolute Gasteiger partial charge is 0.496 e. The number of para-hydroxylation sites is 1. The Labute approximate surface area is 277 Å². The molecule has 0 spiro atoms. The summed E-state index contributed by atoms with van der Waals surface area (Å²) in [5.74, 6) is 1.16. The predicted octanol–water partition coefficient (Wildman–Crippen LogP) is 6.69. The van der Waals surface area contributed by atoms with Crippen molar-refractivity contribution in [2.24, 2.45) is 4.99 Å². The lowest BCUT2D eigenvalue weighted by Crippen LogP contribution is -2.40. The minimum Gasteiger partial charge on any atom is -0.496 e. The number of aryl methyl sites for hydroxylation is 2. The smallest absolute Gasteiger partial charge is 0.416 e. The van der Waals surface area contributed by atoms with E-state index in [0.717, 1.165) is 17.7 Å². The molecule has 1 amide bonds. The zero-order valence-electron chi connectivity index (χ0n) is 26.3. The fourth-order valence-corrected chi connectivity index (χ4v) is 6.51. The number of aromatic nitrogens is 1. The number of carbonyl (C=O) groups excluding carboxylic acids is 1. The minimum atomic E-state index is -4.50. The van der Waals surface area contributed by atoms with E-state index in [4.69, 9.17) is 13.9 Å². The fraction of sp³-hybridized carbons (Fsp3) is 0.194. The Morgan fingerprint density at radius 3 is 2.54 bits per heavy atom. The Hall–Kier alpha value is -5.36. The molecule has 0 bridgehead atoms. The highest BCUT2D eigenvalue weighted by Gasteiger charge is 2.35. The quantitative estimate of drug-likeness (QED) is 0.198. The Bertz CT molecular complexity index is 2250. The van der Waals surface area contributed by atoms with Crippen LogP contribution in [0.4, 0.5) is 18.9 Å². The molecule has 0 saturated carbocycles. The van der Waals surface area contributed by atoms with Gasteiger partial charge < -0.3 is 19.2 Å². The fourth-order valence-electron chi connectivity index (χ4n) is 5.46. The molecule has 1 aliphatic heterocycles. The van der Waals surface area contributed by atoms with E-state index in [1.807, 2.05) is 25.1 Å². The summed E-state index contributed by atoms with van der Waals surface area (Å²) in [6.07, 6.45) is -2.81. The van der Waals surface area contributed by atoms with Crippen molar-refractivity contribution in [3.05, 3.63) is 144 Å². The molecular formula is C36H30F3N3O5S. The van der Waals surface area contributed by atoms with Crippen LogP contribution in [-0.2, 0) is 17.6 Å². The number of carbonyl (C=O) groups is 1. The van der Waals surface area contributed by atoms with Gasteiger partial charge in [0.25, 0.3) is 11.5 Å². The van der Waals surface area contributed by atoms with E-state index < -0.39 is 23.7 Å². The van der Waals surface area contributed by atoms with Crippen LogP contribution < -0.4 is 29.7 Å². The number of amides is 1. The average molecular weight is 674 g/mol. The number of nitrogens with zero attached hydrogens (tertiary/aromatic N) is 2. The van der Waals surface area contributed by atoms with E-state index in [1.165, 1.54) is 35.1 Å². The first-order valence-corrected chi connectivity index (χ1v) is 15.7. The van der Waals surface area contributed by atoms with Gasteiger partial charge in [-0.3, -0.25) is 14.2 Å². The SMILES string of the molecule is COc1ccc(/C=c2/sc3n(c2=O)[C@H](c2ccc(C)o2)C(C(=O)Nc2ccccc2C)=C(C)N=3)cc1COc1cccc(C(F)(F)F)c1. The van der Waals surface area contributed by atoms with Gasteiger partial charge in [-0.05, 0) is 86.5 Å². The van der Waals surface area contributed by atoms with Crippen molar-refractivity contribution in [3.8, 4) is 11.5 Å². The maximum atomic E-state index is 14.1. The summed E-state index contributed by atoms with van der Waals surface area (Å²) in [7, 11) is 1.48. The molecule has 0 fully saturated rings. The van der Waals surface area contributed by atoms with E-state index in [0.29, 0.717) is 49.1 Å². The van der Waals surface area contributed by atoms with E-state index in [9.17, 15) is 22.8 Å². The molecule has 0 radical (unpaired) electrons. The molecule has 6 rings (SSSR count). The molecule has 1 aliphatic rings. The van der Waals surface area contributed by atoms with Crippen LogP contribution in [0.2, 0.25) is 0 Å². The molecule has 5 aromatic rings. The van der Waals surface area contributed by atoms with Crippen molar-refractivity contribution in [1.29, 1.82) is 0 Å². The molecule has 8 nitrogen and oxygen atoms in total. The Morgan fingerprint density at radius 1 is 1.04 bits per heavy atom. The van der Waals surface area contributed by atoms with Crippen molar-refractivity contribution in [1.82, 2.24) is 4.57 Å². The maximum Gasteiger partial charge on any atom is 0.416 e. The number of halogens is 3. The van der Waals surface area contributed by atoms with E-state index in [2.05, 4.69) is 10.3 Å². The normalized spacial score (nSPS) is 14.8. The summed E-state index contributed by atoms with van der Waals surface area (Å²) in [6.45, 7) is 5.33. The van der Waals surface area contributed by atoms with E-state index in [1.54, 1.807) is 56.3 Å². The van der Waals surface area contributed by atoms with Crippen LogP contribution in [0.1, 0.15) is 46.7 Å². The number of anilines is 1. The molecule has 2 aromatic heterocycles. The Balaban J connectivity index is 1.37. The van der Waals surface area contributed by atoms with Crippen LogP contribution in [0, 0.1) is 13.8 Å².